The lowest BCUT2D eigenvalue weighted by molar-refractivity contribution is 0.272. The van der Waals surface area contributed by atoms with Crippen LogP contribution in [0.2, 0.25) is 0 Å². The lowest BCUT2D eigenvalue weighted by Crippen LogP contribution is -2.33. The third kappa shape index (κ3) is 3.32. The summed E-state index contributed by atoms with van der Waals surface area (Å²) in [6.45, 7) is 0.106. The predicted molar refractivity (Wildman–Crippen MR) is 60.8 cm³/mol. The van der Waals surface area contributed by atoms with E-state index in [-0.39, 0.29) is 17.8 Å². The van der Waals surface area contributed by atoms with Crippen LogP contribution in [0.15, 0.2) is 30.3 Å². The van der Waals surface area contributed by atoms with Gasteiger partial charge in [-0.3, -0.25) is 0 Å². The van der Waals surface area contributed by atoms with Gasteiger partial charge < -0.3 is 16.2 Å². The Bertz CT molecular complexity index is 289. The van der Waals surface area contributed by atoms with E-state index in [1.54, 1.807) is 0 Å². The Morgan fingerprint density at radius 3 is 2.57 bits per heavy atom. The zero-order valence-electron chi connectivity index (χ0n) is 7.81. The first-order valence-corrected chi connectivity index (χ1v) is 4.86. The molecule has 0 heterocycles. The smallest absolute Gasteiger partial charge is 0.164 e. The minimum Gasteiger partial charge on any atom is -0.396 e. The highest BCUT2D eigenvalue weighted by Crippen LogP contribution is 2.15. The van der Waals surface area contributed by atoms with E-state index in [4.69, 9.17) is 23.1 Å². The maximum Gasteiger partial charge on any atom is 0.164 e. The van der Waals surface area contributed by atoms with Gasteiger partial charge in [-0.05, 0) is 24.2 Å². The van der Waals surface area contributed by atoms with E-state index >= 15 is 0 Å². The number of aliphatic hydroxyl groups is 1. The number of benzene rings is 1. The molecule has 0 spiro atoms. The third-order valence-corrected chi connectivity index (χ3v) is 2.05. The Kier molecular flexibility index (Phi) is 4.35. The van der Waals surface area contributed by atoms with Gasteiger partial charge in [0.1, 0.15) is 0 Å². The Morgan fingerprint density at radius 2 is 2.07 bits per heavy atom. The van der Waals surface area contributed by atoms with E-state index in [9.17, 15) is 0 Å². The maximum absolute atomic E-state index is 8.89. The minimum absolute atomic E-state index is 0.00120. The summed E-state index contributed by atoms with van der Waals surface area (Å²) in [5.41, 5.74) is 6.48. The normalized spacial score (nSPS) is 12.1. The topological polar surface area (TPSA) is 58.3 Å². The Balaban J connectivity index is 2.72. The van der Waals surface area contributed by atoms with Crippen molar-refractivity contribution in [1.82, 2.24) is 5.32 Å². The van der Waals surface area contributed by atoms with E-state index < -0.39 is 0 Å². The van der Waals surface area contributed by atoms with Gasteiger partial charge in [0.25, 0.3) is 0 Å². The second-order valence-corrected chi connectivity index (χ2v) is 3.42. The van der Waals surface area contributed by atoms with Gasteiger partial charge in [0.2, 0.25) is 0 Å². The molecule has 4 N–H and O–H groups in total. The molecule has 14 heavy (non-hydrogen) atoms. The van der Waals surface area contributed by atoms with Gasteiger partial charge >= 0.3 is 0 Å². The predicted octanol–water partition coefficient (Wildman–Crippen LogP) is 0.943. The molecule has 0 aromatic heterocycles. The number of rotatable bonds is 4. The maximum atomic E-state index is 8.89. The molecule has 0 radical (unpaired) electrons. The molecule has 0 fully saturated rings. The molecule has 1 atom stereocenters. The summed E-state index contributed by atoms with van der Waals surface area (Å²) in [6, 6.07) is 9.79. The lowest BCUT2D eigenvalue weighted by Gasteiger charge is -2.17. The van der Waals surface area contributed by atoms with Gasteiger partial charge in [0.05, 0.1) is 6.04 Å². The second kappa shape index (κ2) is 5.57. The molecule has 0 aliphatic heterocycles. The number of hydrogen-bond donors (Lipinski definition) is 3. The summed E-state index contributed by atoms with van der Waals surface area (Å²) in [7, 11) is 0. The second-order valence-electron chi connectivity index (χ2n) is 2.98. The average molecular weight is 210 g/mol. The van der Waals surface area contributed by atoms with Crippen LogP contribution in [0.1, 0.15) is 18.0 Å². The van der Waals surface area contributed by atoms with E-state index in [1.807, 2.05) is 30.3 Å². The highest BCUT2D eigenvalue weighted by molar-refractivity contribution is 7.80. The Morgan fingerprint density at radius 1 is 1.43 bits per heavy atom. The summed E-state index contributed by atoms with van der Waals surface area (Å²) >= 11 is 4.77. The fraction of sp³-hybridized carbons (Fsp3) is 0.300. The number of hydrogen-bond acceptors (Lipinski definition) is 2. The van der Waals surface area contributed by atoms with Crippen LogP contribution in [0.3, 0.4) is 0 Å². The molecule has 0 saturated carbocycles. The fourth-order valence-corrected chi connectivity index (χ4v) is 1.45. The van der Waals surface area contributed by atoms with Crippen molar-refractivity contribution in [3.63, 3.8) is 0 Å². The summed E-state index contributed by atoms with van der Waals surface area (Å²) in [5.74, 6) is 0. The molecule has 1 aromatic rings. The van der Waals surface area contributed by atoms with Crippen LogP contribution in [-0.4, -0.2) is 16.8 Å². The van der Waals surface area contributed by atoms with Gasteiger partial charge in [-0.1, -0.05) is 30.3 Å². The van der Waals surface area contributed by atoms with Crippen LogP contribution in [0.5, 0.6) is 0 Å². The van der Waals surface area contributed by atoms with Gasteiger partial charge in [0.15, 0.2) is 5.11 Å². The number of nitrogens with two attached hydrogens (primary N) is 1. The molecule has 1 aromatic carbocycles. The van der Waals surface area contributed by atoms with E-state index in [0.717, 1.165) is 5.56 Å². The molecule has 0 unspecified atom stereocenters. The van der Waals surface area contributed by atoms with Crippen LogP contribution in [0.25, 0.3) is 0 Å². The lowest BCUT2D eigenvalue weighted by atomic mass is 10.0. The van der Waals surface area contributed by atoms with Gasteiger partial charge in [0, 0.05) is 6.61 Å². The summed E-state index contributed by atoms with van der Waals surface area (Å²) < 4.78 is 0. The molecular weight excluding hydrogens is 196 g/mol. The molecule has 0 saturated heterocycles. The first-order valence-electron chi connectivity index (χ1n) is 4.46. The van der Waals surface area contributed by atoms with Crippen LogP contribution in [0.4, 0.5) is 0 Å². The Hall–Kier alpha value is -1.13. The molecule has 3 nitrogen and oxygen atoms in total. The average Bonchev–Trinajstić information content (AvgIpc) is 2.18. The van der Waals surface area contributed by atoms with E-state index in [1.165, 1.54) is 0 Å². The quantitative estimate of drug-likeness (QED) is 0.647. The SMILES string of the molecule is NC(=S)N[C@@H](CCO)c1ccccc1. The molecule has 0 bridgehead atoms. The van der Waals surface area contributed by atoms with Gasteiger partial charge in [-0.15, -0.1) is 0 Å². The van der Waals surface area contributed by atoms with Gasteiger partial charge in [-0.2, -0.15) is 0 Å². The molecule has 0 aliphatic rings. The molecule has 1 rings (SSSR count). The van der Waals surface area contributed by atoms with Crippen LogP contribution in [-0.2, 0) is 0 Å². The van der Waals surface area contributed by atoms with Crippen molar-refractivity contribution in [1.29, 1.82) is 0 Å². The number of nitrogens with one attached hydrogen (secondary N) is 1. The van der Waals surface area contributed by atoms with E-state index in [0.29, 0.717) is 6.42 Å². The summed E-state index contributed by atoms with van der Waals surface area (Å²) in [5, 5.41) is 12.1. The van der Waals surface area contributed by atoms with Crippen LogP contribution in [0, 0.1) is 0 Å². The molecule has 4 heteroatoms. The van der Waals surface area contributed by atoms with Crippen molar-refractivity contribution < 1.29 is 5.11 Å². The van der Waals surface area contributed by atoms with Crippen molar-refractivity contribution >= 4 is 17.3 Å². The van der Waals surface area contributed by atoms with Crippen LogP contribution >= 0.6 is 12.2 Å². The zero-order valence-corrected chi connectivity index (χ0v) is 8.63. The largest absolute Gasteiger partial charge is 0.396 e. The Labute approximate surface area is 88.9 Å². The van der Waals surface area contributed by atoms with Crippen molar-refractivity contribution in [2.75, 3.05) is 6.61 Å². The highest BCUT2D eigenvalue weighted by atomic mass is 32.1. The molecule has 0 amide bonds. The van der Waals surface area contributed by atoms with Gasteiger partial charge in [-0.25, -0.2) is 0 Å². The number of thiocarbonyl (C=S) groups is 1. The van der Waals surface area contributed by atoms with Crippen LogP contribution < -0.4 is 11.1 Å². The van der Waals surface area contributed by atoms with Crippen molar-refractivity contribution in [3.8, 4) is 0 Å². The molecule has 76 valence electrons. The number of aliphatic hydroxyl groups excluding tert-OH is 1. The highest BCUT2D eigenvalue weighted by Gasteiger charge is 2.09. The van der Waals surface area contributed by atoms with E-state index in [2.05, 4.69) is 5.32 Å². The first kappa shape index (κ1) is 10.9. The molecular formula is C10H14N2OS. The summed E-state index contributed by atoms with van der Waals surface area (Å²) in [4.78, 5) is 0. The fourth-order valence-electron chi connectivity index (χ4n) is 1.31. The third-order valence-electron chi connectivity index (χ3n) is 1.94. The van der Waals surface area contributed by atoms with Crippen molar-refractivity contribution in [2.24, 2.45) is 5.73 Å². The monoisotopic (exact) mass is 210 g/mol. The standard InChI is InChI=1S/C10H14N2OS/c11-10(14)12-9(6-7-13)8-4-2-1-3-5-8/h1-5,9,13H,6-7H2,(H3,11,12,14)/t9-/m0/s1. The molecule has 0 aliphatic carbocycles. The summed E-state index contributed by atoms with van der Waals surface area (Å²) in [6.07, 6.45) is 0.599. The zero-order chi connectivity index (χ0) is 10.4. The first-order chi connectivity index (χ1) is 6.74. The van der Waals surface area contributed by atoms with Crippen molar-refractivity contribution in [3.05, 3.63) is 35.9 Å². The minimum atomic E-state index is -0.00120. The van der Waals surface area contributed by atoms with Crippen molar-refractivity contribution in [2.45, 2.75) is 12.5 Å².